The maximum Gasteiger partial charge on any atom is 0.214 e. The third kappa shape index (κ3) is 5.07. The molecule has 0 atom stereocenters. The average molecular weight is 496 g/mol. The Kier molecular flexibility index (Phi) is 7.26. The Bertz CT molecular complexity index is 753. The molecule has 0 bridgehead atoms. The Morgan fingerprint density at radius 3 is 2.69 bits per heavy atom. The van der Waals surface area contributed by atoms with E-state index in [1.165, 1.54) is 10.4 Å². The van der Waals surface area contributed by atoms with Crippen molar-refractivity contribution in [2.75, 3.05) is 39.0 Å². The van der Waals surface area contributed by atoms with Crippen LogP contribution >= 0.6 is 24.0 Å². The van der Waals surface area contributed by atoms with E-state index in [-0.39, 0.29) is 41.0 Å². The van der Waals surface area contributed by atoms with Gasteiger partial charge in [-0.2, -0.15) is 0 Å². The van der Waals surface area contributed by atoms with E-state index in [1.54, 1.807) is 19.2 Å². The second-order valence-electron chi connectivity index (χ2n) is 6.71. The molecule has 9 heteroatoms. The fourth-order valence-electron chi connectivity index (χ4n) is 3.25. The van der Waals surface area contributed by atoms with Crippen LogP contribution in [0.5, 0.6) is 0 Å². The summed E-state index contributed by atoms with van der Waals surface area (Å²) in [6, 6.07) is 6.77. The van der Waals surface area contributed by atoms with Gasteiger partial charge < -0.3 is 10.6 Å². The summed E-state index contributed by atoms with van der Waals surface area (Å²) in [6.07, 6.45) is 2.74. The van der Waals surface area contributed by atoms with Crippen LogP contribution in [0.25, 0.3) is 0 Å². The molecule has 2 aliphatic rings. The zero-order valence-corrected chi connectivity index (χ0v) is 18.0. The summed E-state index contributed by atoms with van der Waals surface area (Å²) < 4.78 is 38.5. The summed E-state index contributed by atoms with van der Waals surface area (Å²) in [6.45, 7) is 2.22. The van der Waals surface area contributed by atoms with Gasteiger partial charge in [-0.3, -0.25) is 4.99 Å². The number of hydrogen-bond donors (Lipinski definition) is 2. The Morgan fingerprint density at radius 2 is 2.12 bits per heavy atom. The quantitative estimate of drug-likeness (QED) is 0.357. The number of aliphatic imine (C=N–C) groups is 1. The van der Waals surface area contributed by atoms with E-state index >= 15 is 0 Å². The van der Waals surface area contributed by atoms with Gasteiger partial charge in [0, 0.05) is 38.6 Å². The van der Waals surface area contributed by atoms with E-state index in [2.05, 4.69) is 15.6 Å². The number of hydrogen-bond acceptors (Lipinski definition) is 3. The van der Waals surface area contributed by atoms with E-state index in [4.69, 9.17) is 0 Å². The molecule has 0 aromatic heterocycles. The van der Waals surface area contributed by atoms with E-state index in [0.717, 1.165) is 18.4 Å². The minimum absolute atomic E-state index is 0. The van der Waals surface area contributed by atoms with Crippen molar-refractivity contribution in [3.8, 4) is 0 Å². The molecule has 0 radical (unpaired) electrons. The molecule has 2 fully saturated rings. The second-order valence-corrected chi connectivity index (χ2v) is 8.80. The zero-order chi connectivity index (χ0) is 17.9. The molecule has 0 unspecified atom stereocenters. The summed E-state index contributed by atoms with van der Waals surface area (Å²) in [7, 11) is -1.38. The van der Waals surface area contributed by atoms with Crippen LogP contribution in [0, 0.1) is 5.82 Å². The number of nitrogens with zero attached hydrogens (tertiary/aromatic N) is 2. The van der Waals surface area contributed by atoms with Crippen LogP contribution in [-0.2, 0) is 15.4 Å². The highest BCUT2D eigenvalue weighted by atomic mass is 127. The molecule has 1 aromatic rings. The molecule has 0 spiro atoms. The highest BCUT2D eigenvalue weighted by molar-refractivity contribution is 14.0. The van der Waals surface area contributed by atoms with Gasteiger partial charge in [-0.15, -0.1) is 24.0 Å². The van der Waals surface area contributed by atoms with Crippen LogP contribution in [-0.4, -0.2) is 57.7 Å². The summed E-state index contributed by atoms with van der Waals surface area (Å²) in [5, 5.41) is 6.44. The third-order valence-electron chi connectivity index (χ3n) is 4.97. The molecule has 3 rings (SSSR count). The SMILES string of the molecule is CN=C(NCCN1CCCS1(=O)=O)NCC1(c2cccc(F)c2)CC1.I. The first-order chi connectivity index (χ1) is 12.0. The van der Waals surface area contributed by atoms with Gasteiger partial charge in [0.1, 0.15) is 5.82 Å². The normalized spacial score (nSPS) is 21.1. The monoisotopic (exact) mass is 496 g/mol. The van der Waals surface area contributed by atoms with E-state index < -0.39 is 10.0 Å². The second kappa shape index (κ2) is 8.83. The van der Waals surface area contributed by atoms with Gasteiger partial charge >= 0.3 is 0 Å². The molecule has 146 valence electrons. The third-order valence-corrected chi connectivity index (χ3v) is 6.92. The van der Waals surface area contributed by atoms with Crippen LogP contribution in [0.1, 0.15) is 24.8 Å². The number of guanidine groups is 1. The van der Waals surface area contributed by atoms with Crippen molar-refractivity contribution < 1.29 is 12.8 Å². The number of benzene rings is 1. The Balaban J connectivity index is 0.00000243. The minimum Gasteiger partial charge on any atom is -0.356 e. The molecular weight excluding hydrogens is 470 g/mol. The summed E-state index contributed by atoms with van der Waals surface area (Å²) >= 11 is 0. The van der Waals surface area contributed by atoms with Crippen molar-refractivity contribution in [3.05, 3.63) is 35.6 Å². The zero-order valence-electron chi connectivity index (χ0n) is 14.9. The molecule has 6 nitrogen and oxygen atoms in total. The fraction of sp³-hybridized carbons (Fsp3) is 0.588. The molecule has 1 heterocycles. The molecule has 1 saturated carbocycles. The fourth-order valence-corrected chi connectivity index (χ4v) is 4.78. The lowest BCUT2D eigenvalue weighted by atomic mass is 9.96. The highest BCUT2D eigenvalue weighted by Crippen LogP contribution is 2.47. The average Bonchev–Trinajstić information content (AvgIpc) is 3.30. The first-order valence-electron chi connectivity index (χ1n) is 8.64. The van der Waals surface area contributed by atoms with Gasteiger partial charge in [0.15, 0.2) is 5.96 Å². The van der Waals surface area contributed by atoms with Gasteiger partial charge in [0.2, 0.25) is 10.0 Å². The van der Waals surface area contributed by atoms with Gasteiger partial charge in [-0.1, -0.05) is 12.1 Å². The molecule has 2 N–H and O–H groups in total. The molecule has 26 heavy (non-hydrogen) atoms. The predicted octanol–water partition coefficient (Wildman–Crippen LogP) is 1.68. The van der Waals surface area contributed by atoms with Crippen molar-refractivity contribution >= 4 is 40.0 Å². The van der Waals surface area contributed by atoms with Crippen LogP contribution in [0.4, 0.5) is 4.39 Å². The predicted molar refractivity (Wildman–Crippen MR) is 112 cm³/mol. The molecule has 0 amide bonds. The Labute approximate surface area is 171 Å². The molecule has 1 saturated heterocycles. The lowest BCUT2D eigenvalue weighted by Crippen LogP contribution is -2.44. The van der Waals surface area contributed by atoms with Gasteiger partial charge in [0.25, 0.3) is 0 Å². The Hall–Kier alpha value is -0.940. The minimum atomic E-state index is -3.06. The maximum atomic E-state index is 13.5. The first kappa shape index (κ1) is 21.4. The maximum absolute atomic E-state index is 13.5. The van der Waals surface area contributed by atoms with Crippen LogP contribution in [0.15, 0.2) is 29.3 Å². The smallest absolute Gasteiger partial charge is 0.214 e. The first-order valence-corrected chi connectivity index (χ1v) is 10.2. The van der Waals surface area contributed by atoms with E-state index in [1.807, 2.05) is 6.07 Å². The molecule has 1 aromatic carbocycles. The van der Waals surface area contributed by atoms with Crippen molar-refractivity contribution in [2.45, 2.75) is 24.7 Å². The van der Waals surface area contributed by atoms with Crippen LogP contribution < -0.4 is 10.6 Å². The summed E-state index contributed by atoms with van der Waals surface area (Å²) in [5.41, 5.74) is 0.983. The number of halogens is 2. The van der Waals surface area contributed by atoms with Crippen LogP contribution in [0.3, 0.4) is 0 Å². The van der Waals surface area contributed by atoms with Crippen molar-refractivity contribution in [3.63, 3.8) is 0 Å². The largest absolute Gasteiger partial charge is 0.356 e. The standard InChI is InChI=1S/C17H25FN4O2S.HI/c1-19-16(20-8-10-22-9-3-11-25(22,23)24)21-13-17(6-7-17)14-4-2-5-15(18)12-14;/h2,4-5,12H,3,6-11,13H2,1H3,(H2,19,20,21);1H. The van der Waals surface area contributed by atoms with Crippen molar-refractivity contribution in [1.29, 1.82) is 0 Å². The summed E-state index contributed by atoms with van der Waals surface area (Å²) in [4.78, 5) is 4.18. The van der Waals surface area contributed by atoms with E-state index in [0.29, 0.717) is 38.6 Å². The molecular formula is C17H26FIN4O2S. The highest BCUT2D eigenvalue weighted by Gasteiger charge is 2.44. The lowest BCUT2D eigenvalue weighted by molar-refractivity contribution is 0.444. The van der Waals surface area contributed by atoms with Crippen LogP contribution in [0.2, 0.25) is 0 Å². The molecule has 1 aliphatic heterocycles. The summed E-state index contributed by atoms with van der Waals surface area (Å²) in [5.74, 6) is 0.674. The lowest BCUT2D eigenvalue weighted by Gasteiger charge is -2.20. The van der Waals surface area contributed by atoms with Gasteiger partial charge in [-0.25, -0.2) is 17.1 Å². The van der Waals surface area contributed by atoms with Gasteiger partial charge in [-0.05, 0) is 37.0 Å². The number of sulfonamides is 1. The van der Waals surface area contributed by atoms with E-state index in [9.17, 15) is 12.8 Å². The Morgan fingerprint density at radius 1 is 1.35 bits per heavy atom. The van der Waals surface area contributed by atoms with Crippen molar-refractivity contribution in [2.24, 2.45) is 4.99 Å². The number of nitrogens with one attached hydrogen (secondary N) is 2. The van der Waals surface area contributed by atoms with Gasteiger partial charge in [0.05, 0.1) is 5.75 Å². The topological polar surface area (TPSA) is 73.8 Å². The van der Waals surface area contributed by atoms with Crippen molar-refractivity contribution in [1.82, 2.24) is 14.9 Å². The molecule has 1 aliphatic carbocycles. The number of rotatable bonds is 6.